The topological polar surface area (TPSA) is 95.5 Å². The Morgan fingerprint density at radius 3 is 2.15 bits per heavy atom. The summed E-state index contributed by atoms with van der Waals surface area (Å²) in [4.78, 5) is 11.7. The van der Waals surface area contributed by atoms with Gasteiger partial charge in [0, 0.05) is 18.5 Å². The van der Waals surface area contributed by atoms with Crippen LogP contribution in [-0.4, -0.2) is 44.2 Å². The fourth-order valence-electron chi connectivity index (χ4n) is 2.88. The predicted molar refractivity (Wildman–Crippen MR) is 123 cm³/mol. The number of carbonyl (C=O) groups is 1. The van der Waals surface area contributed by atoms with Crippen LogP contribution in [0.5, 0.6) is 0 Å². The number of aryl methyl sites for hydroxylation is 1. The second-order valence-electron chi connectivity index (χ2n) is 7.45. The molecule has 2 rings (SSSR count). The van der Waals surface area contributed by atoms with E-state index in [1.807, 2.05) is 0 Å². The molecular weight excluding hydrogens is 528 g/mol. The third-order valence-corrected chi connectivity index (χ3v) is 6.67. The van der Waals surface area contributed by atoms with Gasteiger partial charge in [-0.2, -0.15) is 13.2 Å². The van der Waals surface area contributed by atoms with Crippen molar-refractivity contribution in [3.8, 4) is 0 Å². The number of nitrogens with one attached hydrogen (secondary N) is 2. The molecule has 0 saturated carbocycles. The van der Waals surface area contributed by atoms with Gasteiger partial charge in [-0.25, -0.2) is 8.42 Å². The predicted octanol–water partition coefficient (Wildman–Crippen LogP) is 4.48. The SMILES string of the molecule is Cc1cc(NC[C@@](O)(c2cc(Cl)c(Cl)c(Cl)c2)C(F)(F)F)ccc1CNC(=O)CS(C)(=O)=O. The lowest BCUT2D eigenvalue weighted by molar-refractivity contribution is -0.260. The minimum Gasteiger partial charge on any atom is -0.381 e. The summed E-state index contributed by atoms with van der Waals surface area (Å²) in [6.45, 7) is 0.751. The number of hydrogen-bond donors (Lipinski definition) is 3. The summed E-state index contributed by atoms with van der Waals surface area (Å²) in [7, 11) is -3.47. The average Bonchev–Trinajstić information content (AvgIpc) is 2.66. The first-order valence-electron chi connectivity index (χ1n) is 9.25. The minimum atomic E-state index is -5.07. The van der Waals surface area contributed by atoms with Crippen molar-refractivity contribution < 1.29 is 31.5 Å². The third-order valence-electron chi connectivity index (χ3n) is 4.69. The summed E-state index contributed by atoms with van der Waals surface area (Å²) in [6, 6.07) is 6.35. The van der Waals surface area contributed by atoms with E-state index in [1.165, 1.54) is 12.1 Å². The van der Waals surface area contributed by atoms with E-state index in [9.17, 15) is 31.5 Å². The molecule has 6 nitrogen and oxygen atoms in total. The summed E-state index contributed by atoms with van der Waals surface area (Å²) in [5, 5.41) is 15.0. The van der Waals surface area contributed by atoms with Gasteiger partial charge in [-0.05, 0) is 47.9 Å². The van der Waals surface area contributed by atoms with Crippen molar-refractivity contribution in [1.29, 1.82) is 0 Å². The second-order valence-corrected chi connectivity index (χ2v) is 10.8. The van der Waals surface area contributed by atoms with Crippen molar-refractivity contribution in [3.05, 3.63) is 62.1 Å². The molecule has 13 heteroatoms. The lowest BCUT2D eigenvalue weighted by atomic mass is 9.92. The Kier molecular flexibility index (Phi) is 8.56. The molecule has 0 spiro atoms. The zero-order valence-corrected chi connectivity index (χ0v) is 20.4. The molecule has 0 fully saturated rings. The van der Waals surface area contributed by atoms with Crippen LogP contribution in [0, 0.1) is 6.92 Å². The molecule has 0 aromatic heterocycles. The first-order chi connectivity index (χ1) is 15.0. The van der Waals surface area contributed by atoms with Gasteiger partial charge in [0.25, 0.3) is 0 Å². The molecule has 3 N–H and O–H groups in total. The normalized spacial score (nSPS) is 14.0. The van der Waals surface area contributed by atoms with Gasteiger partial charge in [0.1, 0.15) is 5.75 Å². The van der Waals surface area contributed by atoms with E-state index in [0.29, 0.717) is 11.1 Å². The summed E-state index contributed by atoms with van der Waals surface area (Å²) in [5.74, 6) is -1.32. The number of amides is 1. The van der Waals surface area contributed by atoms with Crippen molar-refractivity contribution in [2.24, 2.45) is 0 Å². The second kappa shape index (κ2) is 10.3. The van der Waals surface area contributed by atoms with Crippen molar-refractivity contribution >= 4 is 56.2 Å². The quantitative estimate of drug-likeness (QED) is 0.424. The fraction of sp³-hybridized carbons (Fsp3) is 0.350. The van der Waals surface area contributed by atoms with Crippen LogP contribution in [0.15, 0.2) is 30.3 Å². The van der Waals surface area contributed by atoms with E-state index >= 15 is 0 Å². The van der Waals surface area contributed by atoms with Gasteiger partial charge in [0.2, 0.25) is 11.5 Å². The highest BCUT2D eigenvalue weighted by atomic mass is 35.5. The molecule has 1 atom stereocenters. The molecule has 182 valence electrons. The van der Waals surface area contributed by atoms with Gasteiger partial charge in [-0.15, -0.1) is 0 Å². The average molecular weight is 548 g/mol. The maximum absolute atomic E-state index is 13.8. The number of rotatable bonds is 8. The zero-order chi connectivity index (χ0) is 25.2. The summed E-state index contributed by atoms with van der Waals surface area (Å²) in [5.41, 5.74) is -2.38. The van der Waals surface area contributed by atoms with Crippen LogP contribution in [0.2, 0.25) is 15.1 Å². The molecule has 0 heterocycles. The molecule has 0 bridgehead atoms. The number of benzene rings is 2. The summed E-state index contributed by atoms with van der Waals surface area (Å²) in [6.07, 6.45) is -4.13. The zero-order valence-electron chi connectivity index (χ0n) is 17.4. The molecule has 1 amide bonds. The van der Waals surface area contributed by atoms with E-state index in [1.54, 1.807) is 13.0 Å². The van der Waals surface area contributed by atoms with Crippen LogP contribution in [0.3, 0.4) is 0 Å². The molecule has 0 unspecified atom stereocenters. The van der Waals surface area contributed by atoms with Gasteiger partial charge in [0.15, 0.2) is 9.84 Å². The summed E-state index contributed by atoms with van der Waals surface area (Å²) >= 11 is 17.5. The molecule has 33 heavy (non-hydrogen) atoms. The van der Waals surface area contributed by atoms with E-state index in [0.717, 1.165) is 18.4 Å². The first kappa shape index (κ1) is 27.5. The maximum atomic E-state index is 13.8. The number of aliphatic hydroxyl groups is 1. The Balaban J connectivity index is 2.19. The van der Waals surface area contributed by atoms with E-state index in [2.05, 4.69) is 10.6 Å². The fourth-order valence-corrected chi connectivity index (χ4v) is 4.05. The van der Waals surface area contributed by atoms with Crippen LogP contribution < -0.4 is 10.6 Å². The lowest BCUT2D eigenvalue weighted by Gasteiger charge is -2.32. The number of hydrogen-bond acceptors (Lipinski definition) is 5. The Bertz CT molecular complexity index is 1140. The van der Waals surface area contributed by atoms with Gasteiger partial charge in [-0.1, -0.05) is 40.9 Å². The van der Waals surface area contributed by atoms with Crippen LogP contribution >= 0.6 is 34.8 Å². The number of halogens is 6. The molecule has 2 aromatic carbocycles. The van der Waals surface area contributed by atoms with Gasteiger partial charge in [0.05, 0.1) is 21.6 Å². The van der Waals surface area contributed by atoms with E-state index in [4.69, 9.17) is 34.8 Å². The van der Waals surface area contributed by atoms with Crippen molar-refractivity contribution in [3.63, 3.8) is 0 Å². The highest BCUT2D eigenvalue weighted by Gasteiger charge is 2.55. The van der Waals surface area contributed by atoms with Gasteiger partial charge in [-0.3, -0.25) is 4.79 Å². The molecule has 2 aromatic rings. The highest BCUT2D eigenvalue weighted by Crippen LogP contribution is 2.43. The molecule has 0 aliphatic carbocycles. The van der Waals surface area contributed by atoms with E-state index in [-0.39, 0.29) is 27.3 Å². The monoisotopic (exact) mass is 546 g/mol. The number of carbonyl (C=O) groups excluding carboxylic acids is 1. The summed E-state index contributed by atoms with van der Waals surface area (Å²) < 4.78 is 63.7. The molecular formula is C20H20Cl3F3N2O4S. The third kappa shape index (κ3) is 7.13. The lowest BCUT2D eigenvalue weighted by Crippen LogP contribution is -2.47. The smallest absolute Gasteiger partial charge is 0.381 e. The number of anilines is 1. The number of alkyl halides is 3. The Labute approximate surface area is 203 Å². The van der Waals surface area contributed by atoms with Gasteiger partial charge < -0.3 is 15.7 Å². The Morgan fingerprint density at radius 2 is 1.67 bits per heavy atom. The molecule has 0 saturated heterocycles. The van der Waals surface area contributed by atoms with Crippen molar-refractivity contribution in [2.75, 3.05) is 23.9 Å². The minimum absolute atomic E-state index is 0.0364. The van der Waals surface area contributed by atoms with Crippen LogP contribution in [-0.2, 0) is 26.8 Å². The highest BCUT2D eigenvalue weighted by molar-refractivity contribution is 7.91. The van der Waals surface area contributed by atoms with Crippen LogP contribution in [0.25, 0.3) is 0 Å². The van der Waals surface area contributed by atoms with Crippen molar-refractivity contribution in [1.82, 2.24) is 5.32 Å². The van der Waals surface area contributed by atoms with Gasteiger partial charge >= 0.3 is 6.18 Å². The first-order valence-corrected chi connectivity index (χ1v) is 12.4. The molecule has 0 aliphatic rings. The van der Waals surface area contributed by atoms with E-state index < -0.39 is 45.4 Å². The molecule has 0 aliphatic heterocycles. The maximum Gasteiger partial charge on any atom is 0.423 e. The number of sulfone groups is 1. The molecule has 0 radical (unpaired) electrons. The standard InChI is InChI=1S/C20H20Cl3F3N2O4S/c1-11-5-14(4-3-12(11)8-27-17(29)9-33(2,31)32)28-10-19(30,20(24,25)26)13-6-15(21)18(23)16(22)7-13/h3-7,28,30H,8-10H2,1-2H3,(H,27,29)/t19-/m1/s1. The van der Waals surface area contributed by atoms with Crippen LogP contribution in [0.4, 0.5) is 18.9 Å². The Hall–Kier alpha value is -1.72. The van der Waals surface area contributed by atoms with Crippen LogP contribution in [0.1, 0.15) is 16.7 Å². The Morgan fingerprint density at radius 1 is 1.09 bits per heavy atom. The largest absolute Gasteiger partial charge is 0.423 e. The van der Waals surface area contributed by atoms with Crippen molar-refractivity contribution in [2.45, 2.75) is 25.2 Å².